The summed E-state index contributed by atoms with van der Waals surface area (Å²) in [5, 5.41) is 18.0. The molecule has 5 nitrogen and oxygen atoms in total. The summed E-state index contributed by atoms with van der Waals surface area (Å²) in [5.41, 5.74) is 0.00571. The Hall–Kier alpha value is -1.26. The summed E-state index contributed by atoms with van der Waals surface area (Å²) in [7, 11) is 0. The van der Waals surface area contributed by atoms with Gasteiger partial charge in [-0.2, -0.15) is 0 Å². The molecule has 1 rings (SSSR count). The van der Waals surface area contributed by atoms with E-state index in [1.165, 1.54) is 0 Å². The number of nitrogens with zero attached hydrogens (tertiary/aromatic N) is 1. The smallest absolute Gasteiger partial charge is 0.408 e. The van der Waals surface area contributed by atoms with Gasteiger partial charge in [0.15, 0.2) is 0 Å². The molecular formula is C11H19NO4. The molecule has 0 aromatic carbocycles. The van der Waals surface area contributed by atoms with Gasteiger partial charge in [-0.3, -0.25) is 4.90 Å². The minimum absolute atomic E-state index is 0.00571. The molecule has 1 amide bonds. The fraction of sp³-hybridized carbons (Fsp3) is 0.818. The summed E-state index contributed by atoms with van der Waals surface area (Å²) in [6.07, 6.45) is 0.630. The molecule has 1 saturated heterocycles. The summed E-state index contributed by atoms with van der Waals surface area (Å²) in [6, 6.07) is -1.04. The third-order valence-corrected chi connectivity index (χ3v) is 2.86. The number of carboxylic acid groups (broad SMARTS) is 2. The highest BCUT2D eigenvalue weighted by Gasteiger charge is 2.42. The summed E-state index contributed by atoms with van der Waals surface area (Å²) >= 11 is 0. The first-order valence-electron chi connectivity index (χ1n) is 5.46. The topological polar surface area (TPSA) is 77.8 Å². The van der Waals surface area contributed by atoms with E-state index in [-0.39, 0.29) is 11.5 Å². The fourth-order valence-electron chi connectivity index (χ4n) is 2.32. The average Bonchev–Trinajstić information content (AvgIpc) is 2.44. The molecule has 0 aromatic heterocycles. The highest BCUT2D eigenvalue weighted by Crippen LogP contribution is 2.33. The maximum atomic E-state index is 11.1. The van der Waals surface area contributed by atoms with E-state index >= 15 is 0 Å². The number of hydrogen-bond acceptors (Lipinski definition) is 2. The number of carboxylic acids is 1. The number of carbonyl (C=O) groups is 2. The Morgan fingerprint density at radius 3 is 2.19 bits per heavy atom. The number of rotatable bonds is 2. The average molecular weight is 229 g/mol. The Kier molecular flexibility index (Phi) is 3.45. The normalized spacial score (nSPS) is 25.8. The Labute approximate surface area is 95.1 Å². The first-order valence-corrected chi connectivity index (χ1v) is 5.46. The third kappa shape index (κ3) is 2.87. The summed E-state index contributed by atoms with van der Waals surface area (Å²) < 4.78 is 0. The molecule has 5 heteroatoms. The maximum absolute atomic E-state index is 11.1. The molecule has 2 unspecified atom stereocenters. The van der Waals surface area contributed by atoms with E-state index in [2.05, 4.69) is 0 Å². The monoisotopic (exact) mass is 229 g/mol. The molecular weight excluding hydrogens is 210 g/mol. The van der Waals surface area contributed by atoms with Crippen molar-refractivity contribution < 1.29 is 19.8 Å². The van der Waals surface area contributed by atoms with Gasteiger partial charge in [-0.05, 0) is 24.7 Å². The van der Waals surface area contributed by atoms with Gasteiger partial charge in [0.1, 0.15) is 6.04 Å². The van der Waals surface area contributed by atoms with E-state index in [1.54, 1.807) is 0 Å². The molecule has 0 saturated carbocycles. The van der Waals surface area contributed by atoms with E-state index < -0.39 is 18.1 Å². The van der Waals surface area contributed by atoms with Crippen LogP contribution in [0.1, 0.15) is 40.0 Å². The van der Waals surface area contributed by atoms with Gasteiger partial charge >= 0.3 is 12.1 Å². The molecule has 0 bridgehead atoms. The molecule has 0 aliphatic carbocycles. The van der Waals surface area contributed by atoms with Gasteiger partial charge in [0.05, 0.1) is 0 Å². The standard InChI is InChI=1S/C11H19NO4/c1-11(2,3)6-7-4-5-8(9(13)14)12(7)10(15)16/h7-8H,4-6H2,1-3H3,(H,13,14)(H,15,16). The van der Waals surface area contributed by atoms with Crippen LogP contribution < -0.4 is 0 Å². The molecule has 1 aliphatic heterocycles. The highest BCUT2D eigenvalue weighted by molar-refractivity contribution is 5.80. The van der Waals surface area contributed by atoms with Crippen molar-refractivity contribution >= 4 is 12.1 Å². The molecule has 16 heavy (non-hydrogen) atoms. The van der Waals surface area contributed by atoms with E-state index in [0.29, 0.717) is 19.3 Å². The van der Waals surface area contributed by atoms with E-state index in [1.807, 2.05) is 20.8 Å². The lowest BCUT2D eigenvalue weighted by Crippen LogP contribution is -2.45. The molecule has 2 N–H and O–H groups in total. The van der Waals surface area contributed by atoms with Crippen molar-refractivity contribution in [2.75, 3.05) is 0 Å². The Bertz CT molecular complexity index is 295. The van der Waals surface area contributed by atoms with Crippen molar-refractivity contribution in [3.63, 3.8) is 0 Å². The summed E-state index contributed by atoms with van der Waals surface area (Å²) in [4.78, 5) is 23.1. The Morgan fingerprint density at radius 1 is 1.25 bits per heavy atom. The first-order chi connectivity index (χ1) is 7.22. The summed E-state index contributed by atoms with van der Waals surface area (Å²) in [6.45, 7) is 6.09. The SMILES string of the molecule is CC(C)(C)CC1CCC(C(=O)O)N1C(=O)O. The first kappa shape index (κ1) is 12.8. The highest BCUT2D eigenvalue weighted by atomic mass is 16.4. The van der Waals surface area contributed by atoms with Gasteiger partial charge in [0.25, 0.3) is 0 Å². The zero-order valence-electron chi connectivity index (χ0n) is 9.93. The predicted octanol–water partition coefficient (Wildman–Crippen LogP) is 2.02. The molecule has 0 radical (unpaired) electrons. The molecule has 1 fully saturated rings. The molecule has 0 aromatic rings. The van der Waals surface area contributed by atoms with Crippen LogP contribution in [0.3, 0.4) is 0 Å². The molecule has 1 heterocycles. The van der Waals surface area contributed by atoms with E-state index in [0.717, 1.165) is 4.90 Å². The summed E-state index contributed by atoms with van der Waals surface area (Å²) in [5.74, 6) is -1.04. The van der Waals surface area contributed by atoms with Crippen LogP contribution in [0.25, 0.3) is 0 Å². The van der Waals surface area contributed by atoms with Gasteiger partial charge in [-0.25, -0.2) is 9.59 Å². The maximum Gasteiger partial charge on any atom is 0.408 e. The molecule has 92 valence electrons. The minimum Gasteiger partial charge on any atom is -0.480 e. The van der Waals surface area contributed by atoms with Crippen LogP contribution in [-0.2, 0) is 4.79 Å². The van der Waals surface area contributed by atoms with E-state index in [9.17, 15) is 9.59 Å². The van der Waals surface area contributed by atoms with Gasteiger partial charge < -0.3 is 10.2 Å². The minimum atomic E-state index is -1.13. The van der Waals surface area contributed by atoms with Gasteiger partial charge in [-0.1, -0.05) is 20.8 Å². The van der Waals surface area contributed by atoms with Crippen molar-refractivity contribution in [3.8, 4) is 0 Å². The second-order valence-electron chi connectivity index (χ2n) is 5.54. The van der Waals surface area contributed by atoms with Crippen LogP contribution in [0.2, 0.25) is 0 Å². The van der Waals surface area contributed by atoms with Gasteiger partial charge in [0, 0.05) is 6.04 Å². The van der Waals surface area contributed by atoms with Crippen LogP contribution in [0, 0.1) is 5.41 Å². The zero-order valence-corrected chi connectivity index (χ0v) is 9.93. The van der Waals surface area contributed by atoms with Crippen LogP contribution in [0.15, 0.2) is 0 Å². The van der Waals surface area contributed by atoms with Gasteiger partial charge in [0.2, 0.25) is 0 Å². The lowest BCUT2D eigenvalue weighted by atomic mass is 9.87. The third-order valence-electron chi connectivity index (χ3n) is 2.86. The Balaban J connectivity index is 2.80. The lowest BCUT2D eigenvalue weighted by Gasteiger charge is -2.30. The van der Waals surface area contributed by atoms with Crippen molar-refractivity contribution in [1.29, 1.82) is 0 Å². The second kappa shape index (κ2) is 4.31. The predicted molar refractivity (Wildman–Crippen MR) is 58.4 cm³/mol. The van der Waals surface area contributed by atoms with Crippen molar-refractivity contribution in [3.05, 3.63) is 0 Å². The van der Waals surface area contributed by atoms with E-state index in [4.69, 9.17) is 10.2 Å². The fourth-order valence-corrected chi connectivity index (χ4v) is 2.32. The number of hydrogen-bond donors (Lipinski definition) is 2. The van der Waals surface area contributed by atoms with Crippen molar-refractivity contribution in [2.45, 2.75) is 52.1 Å². The largest absolute Gasteiger partial charge is 0.480 e. The van der Waals surface area contributed by atoms with Crippen molar-refractivity contribution in [1.82, 2.24) is 4.90 Å². The van der Waals surface area contributed by atoms with Crippen LogP contribution in [0.4, 0.5) is 4.79 Å². The van der Waals surface area contributed by atoms with Crippen LogP contribution in [-0.4, -0.2) is 39.3 Å². The quantitative estimate of drug-likeness (QED) is 0.759. The zero-order chi connectivity index (χ0) is 12.5. The second-order valence-corrected chi connectivity index (χ2v) is 5.54. The molecule has 1 aliphatic rings. The van der Waals surface area contributed by atoms with Crippen LogP contribution in [0.5, 0.6) is 0 Å². The molecule has 2 atom stereocenters. The van der Waals surface area contributed by atoms with Crippen LogP contribution >= 0.6 is 0 Å². The molecule has 0 spiro atoms. The number of amides is 1. The van der Waals surface area contributed by atoms with Gasteiger partial charge in [-0.15, -0.1) is 0 Å². The van der Waals surface area contributed by atoms with Crippen molar-refractivity contribution in [2.24, 2.45) is 5.41 Å². The Morgan fingerprint density at radius 2 is 1.81 bits per heavy atom. The number of aliphatic carboxylic acids is 1. The lowest BCUT2D eigenvalue weighted by molar-refractivity contribution is -0.142. The number of likely N-dealkylation sites (tertiary alicyclic amines) is 1.